The van der Waals surface area contributed by atoms with E-state index < -0.39 is 10.1 Å². The zero-order chi connectivity index (χ0) is 9.90. The van der Waals surface area contributed by atoms with Crippen LogP contribution in [0.15, 0.2) is 0 Å². The number of epoxide rings is 1. The molecule has 0 unspecified atom stereocenters. The van der Waals surface area contributed by atoms with Gasteiger partial charge < -0.3 is 4.74 Å². The minimum Gasteiger partial charge on any atom is -0.368 e. The average Bonchev–Trinajstić information content (AvgIpc) is 2.79. The Morgan fingerprint density at radius 3 is 2.62 bits per heavy atom. The molecule has 0 bridgehead atoms. The molecule has 0 aromatic heterocycles. The number of unbranched alkanes of at least 4 members (excludes halogenated alkanes) is 1. The fourth-order valence-corrected chi connectivity index (χ4v) is 2.09. The van der Waals surface area contributed by atoms with Crippen LogP contribution in [0, 0.1) is 0 Å². The Morgan fingerprint density at radius 1 is 1.38 bits per heavy atom. The molecule has 1 heterocycles. The van der Waals surface area contributed by atoms with Gasteiger partial charge in [-0.25, -0.2) is 0 Å². The first-order valence-corrected chi connectivity index (χ1v) is 6.10. The predicted molar refractivity (Wildman–Crippen MR) is 49.0 cm³/mol. The van der Waals surface area contributed by atoms with E-state index in [-0.39, 0.29) is 18.0 Å². The van der Waals surface area contributed by atoms with Crippen molar-refractivity contribution in [3.63, 3.8) is 0 Å². The zero-order valence-electron chi connectivity index (χ0n) is 8.02. The summed E-state index contributed by atoms with van der Waals surface area (Å²) < 4.78 is 31.5. The summed E-state index contributed by atoms with van der Waals surface area (Å²) in [5, 5.41) is 0. The van der Waals surface area contributed by atoms with Gasteiger partial charge in [0.1, 0.15) is 11.9 Å². The van der Waals surface area contributed by atoms with Crippen LogP contribution in [0.1, 0.15) is 26.2 Å². The second kappa shape index (κ2) is 4.39. The molecular formula is C8H16O4S. The quantitative estimate of drug-likeness (QED) is 0.481. The first kappa shape index (κ1) is 10.9. The van der Waals surface area contributed by atoms with Crippen LogP contribution in [-0.4, -0.2) is 33.5 Å². The van der Waals surface area contributed by atoms with Crippen LogP contribution in [0.25, 0.3) is 0 Å². The fourth-order valence-electron chi connectivity index (χ4n) is 1.25. The summed E-state index contributed by atoms with van der Waals surface area (Å²) in [6.07, 6.45) is 3.18. The van der Waals surface area contributed by atoms with Crippen LogP contribution >= 0.6 is 0 Å². The molecule has 0 saturated carbocycles. The molecule has 2 atom stereocenters. The van der Waals surface area contributed by atoms with Gasteiger partial charge in [0.15, 0.2) is 0 Å². The molecule has 13 heavy (non-hydrogen) atoms. The first-order chi connectivity index (χ1) is 6.09. The van der Waals surface area contributed by atoms with E-state index in [1.807, 2.05) is 0 Å². The molecule has 0 radical (unpaired) electrons. The maximum atomic E-state index is 11.0. The highest BCUT2D eigenvalue weighted by Crippen LogP contribution is 2.28. The van der Waals surface area contributed by atoms with Crippen molar-refractivity contribution >= 4 is 10.1 Å². The maximum absolute atomic E-state index is 11.0. The van der Waals surface area contributed by atoms with Crippen LogP contribution in [0.5, 0.6) is 0 Å². The van der Waals surface area contributed by atoms with Gasteiger partial charge >= 0.3 is 0 Å². The second-order valence-corrected chi connectivity index (χ2v) is 5.03. The van der Waals surface area contributed by atoms with Gasteiger partial charge in [-0.2, -0.15) is 8.42 Å². The van der Waals surface area contributed by atoms with Gasteiger partial charge in [-0.3, -0.25) is 4.18 Å². The Balaban J connectivity index is 2.21. The lowest BCUT2D eigenvalue weighted by Crippen LogP contribution is -2.14. The van der Waals surface area contributed by atoms with Crippen molar-refractivity contribution in [2.24, 2.45) is 0 Å². The van der Waals surface area contributed by atoms with Crippen LogP contribution in [0.2, 0.25) is 0 Å². The SMILES string of the molecule is CCCC[C@@H]1O[C@@H]1CS(=O)(=O)OC. The first-order valence-electron chi connectivity index (χ1n) is 4.53. The number of ether oxygens (including phenoxy) is 1. The van der Waals surface area contributed by atoms with E-state index in [1.165, 1.54) is 7.11 Å². The van der Waals surface area contributed by atoms with E-state index in [0.717, 1.165) is 19.3 Å². The van der Waals surface area contributed by atoms with Gasteiger partial charge in [0.2, 0.25) is 0 Å². The summed E-state index contributed by atoms with van der Waals surface area (Å²) in [7, 11) is -2.16. The molecule has 1 aliphatic heterocycles. The van der Waals surface area contributed by atoms with Crippen molar-refractivity contribution in [1.82, 2.24) is 0 Å². The van der Waals surface area contributed by atoms with Crippen LogP contribution < -0.4 is 0 Å². The Bertz CT molecular complexity index is 247. The summed E-state index contributed by atoms with van der Waals surface area (Å²) in [6, 6.07) is 0. The van der Waals surface area contributed by atoms with Crippen LogP contribution in [0.4, 0.5) is 0 Å². The molecule has 5 heteroatoms. The normalized spacial score (nSPS) is 27.5. The largest absolute Gasteiger partial charge is 0.368 e. The van der Waals surface area contributed by atoms with Crippen molar-refractivity contribution in [2.75, 3.05) is 12.9 Å². The van der Waals surface area contributed by atoms with E-state index in [1.54, 1.807) is 0 Å². The fraction of sp³-hybridized carbons (Fsp3) is 1.00. The molecule has 0 aromatic rings. The topological polar surface area (TPSA) is 55.9 Å². The monoisotopic (exact) mass is 208 g/mol. The average molecular weight is 208 g/mol. The van der Waals surface area contributed by atoms with Gasteiger partial charge in [-0.15, -0.1) is 0 Å². The van der Waals surface area contributed by atoms with Crippen molar-refractivity contribution < 1.29 is 17.3 Å². The number of rotatable bonds is 6. The molecule has 0 N–H and O–H groups in total. The highest BCUT2D eigenvalue weighted by Gasteiger charge is 2.41. The highest BCUT2D eigenvalue weighted by molar-refractivity contribution is 7.86. The summed E-state index contributed by atoms with van der Waals surface area (Å²) in [5.74, 6) is -0.00210. The molecule has 4 nitrogen and oxygen atoms in total. The number of hydrogen-bond donors (Lipinski definition) is 0. The molecule has 1 saturated heterocycles. The lowest BCUT2D eigenvalue weighted by Gasteiger charge is -1.96. The van der Waals surface area contributed by atoms with Crippen molar-refractivity contribution in [3.05, 3.63) is 0 Å². The third-order valence-corrected chi connectivity index (χ3v) is 3.40. The van der Waals surface area contributed by atoms with E-state index in [9.17, 15) is 8.42 Å². The lowest BCUT2D eigenvalue weighted by molar-refractivity contribution is 0.357. The molecule has 78 valence electrons. The zero-order valence-corrected chi connectivity index (χ0v) is 8.84. The van der Waals surface area contributed by atoms with Gasteiger partial charge in [0.05, 0.1) is 13.2 Å². The molecule has 1 rings (SSSR count). The third kappa shape index (κ3) is 3.62. The standard InChI is InChI=1S/C8H16O4S/c1-3-4-5-7-8(12-7)6-13(9,10)11-2/h7-8H,3-6H2,1-2H3/t7-,8+/m0/s1. The van der Waals surface area contributed by atoms with Gasteiger partial charge in [-0.05, 0) is 6.42 Å². The van der Waals surface area contributed by atoms with Crippen LogP contribution in [0.3, 0.4) is 0 Å². The van der Waals surface area contributed by atoms with Crippen molar-refractivity contribution in [1.29, 1.82) is 0 Å². The van der Waals surface area contributed by atoms with E-state index in [0.29, 0.717) is 0 Å². The second-order valence-electron chi connectivity index (χ2n) is 3.25. The van der Waals surface area contributed by atoms with Crippen LogP contribution in [-0.2, 0) is 19.0 Å². The third-order valence-electron chi connectivity index (χ3n) is 2.15. The maximum Gasteiger partial charge on any atom is 0.269 e. The van der Waals surface area contributed by atoms with E-state index in [4.69, 9.17) is 4.74 Å². The van der Waals surface area contributed by atoms with Gasteiger partial charge in [-0.1, -0.05) is 19.8 Å². The Kier molecular flexibility index (Phi) is 3.70. The highest BCUT2D eigenvalue weighted by atomic mass is 32.2. The molecule has 0 aromatic carbocycles. The molecule has 1 aliphatic rings. The summed E-state index contributed by atoms with van der Waals surface area (Å²) in [5.41, 5.74) is 0. The van der Waals surface area contributed by atoms with Crippen molar-refractivity contribution in [3.8, 4) is 0 Å². The number of hydrogen-bond acceptors (Lipinski definition) is 4. The summed E-state index contributed by atoms with van der Waals surface area (Å²) in [4.78, 5) is 0. The van der Waals surface area contributed by atoms with Crippen molar-refractivity contribution in [2.45, 2.75) is 38.4 Å². The van der Waals surface area contributed by atoms with Gasteiger partial charge in [0.25, 0.3) is 10.1 Å². The Labute approximate surface area is 79.3 Å². The van der Waals surface area contributed by atoms with Gasteiger partial charge in [0, 0.05) is 0 Å². The summed E-state index contributed by atoms with van der Waals surface area (Å²) >= 11 is 0. The molecular weight excluding hydrogens is 192 g/mol. The molecule has 0 amide bonds. The lowest BCUT2D eigenvalue weighted by atomic mass is 10.2. The predicted octanol–water partition coefficient (Wildman–Crippen LogP) is 0.920. The minimum absolute atomic E-state index is 0.00210. The Morgan fingerprint density at radius 2 is 2.08 bits per heavy atom. The molecule has 0 spiro atoms. The van der Waals surface area contributed by atoms with E-state index in [2.05, 4.69) is 11.1 Å². The summed E-state index contributed by atoms with van der Waals surface area (Å²) in [6.45, 7) is 2.10. The minimum atomic E-state index is -3.34. The Hall–Kier alpha value is -0.130. The van der Waals surface area contributed by atoms with E-state index >= 15 is 0 Å². The molecule has 0 aliphatic carbocycles. The smallest absolute Gasteiger partial charge is 0.269 e. The molecule has 1 fully saturated rings.